The van der Waals surface area contributed by atoms with Crippen molar-refractivity contribution in [3.8, 4) is 0 Å². The molecule has 4 unspecified atom stereocenters. The smallest absolute Gasteiger partial charge is 0.150 e. The topological polar surface area (TPSA) is 54.4 Å². The standard InChI is InChI=1S/C12H24O3S3/c1-4-18(14,15)7-5-6-11(13)12-8-16-9(2)10(3)17-12/h9-13H,4-8H2,1-3H3. The number of aliphatic hydroxyl groups is 1. The first-order chi connectivity index (χ1) is 8.35. The van der Waals surface area contributed by atoms with E-state index in [1.807, 2.05) is 23.5 Å². The van der Waals surface area contributed by atoms with Gasteiger partial charge in [0.2, 0.25) is 0 Å². The van der Waals surface area contributed by atoms with Gasteiger partial charge in [0.1, 0.15) is 9.84 Å². The van der Waals surface area contributed by atoms with Gasteiger partial charge in [-0.05, 0) is 12.8 Å². The normalized spacial score (nSPS) is 31.2. The Morgan fingerprint density at radius 2 is 2.00 bits per heavy atom. The largest absolute Gasteiger partial charge is 0.392 e. The summed E-state index contributed by atoms with van der Waals surface area (Å²) in [4.78, 5) is 0. The van der Waals surface area contributed by atoms with Gasteiger partial charge < -0.3 is 5.11 Å². The molecule has 0 aromatic rings. The lowest BCUT2D eigenvalue weighted by Crippen LogP contribution is -2.34. The van der Waals surface area contributed by atoms with Crippen LogP contribution in [0, 0.1) is 0 Å². The van der Waals surface area contributed by atoms with E-state index in [-0.39, 0.29) is 22.9 Å². The first-order valence-electron chi connectivity index (χ1n) is 6.51. The van der Waals surface area contributed by atoms with E-state index in [2.05, 4.69) is 13.8 Å². The molecule has 0 saturated carbocycles. The summed E-state index contributed by atoms with van der Waals surface area (Å²) in [6, 6.07) is 0. The van der Waals surface area contributed by atoms with Crippen LogP contribution < -0.4 is 0 Å². The maximum atomic E-state index is 11.4. The Hall–Kier alpha value is 0.610. The molecule has 0 aromatic carbocycles. The molecule has 1 aliphatic heterocycles. The molecule has 1 heterocycles. The van der Waals surface area contributed by atoms with Gasteiger partial charge in [0, 0.05) is 27.3 Å². The first-order valence-corrected chi connectivity index (χ1v) is 10.3. The van der Waals surface area contributed by atoms with Gasteiger partial charge in [-0.1, -0.05) is 20.8 Å². The number of aliphatic hydroxyl groups excluding tert-OH is 1. The molecule has 0 aliphatic carbocycles. The molecule has 1 saturated heterocycles. The second-order valence-electron chi connectivity index (χ2n) is 4.86. The molecule has 1 fully saturated rings. The van der Waals surface area contributed by atoms with Crippen LogP contribution in [0.1, 0.15) is 33.6 Å². The Morgan fingerprint density at radius 1 is 1.33 bits per heavy atom. The fraction of sp³-hybridized carbons (Fsp3) is 1.00. The Morgan fingerprint density at radius 3 is 2.56 bits per heavy atom. The predicted molar refractivity (Wildman–Crippen MR) is 82.3 cm³/mol. The first kappa shape index (κ1) is 16.7. The zero-order valence-electron chi connectivity index (χ0n) is 11.3. The van der Waals surface area contributed by atoms with Crippen LogP contribution in [0.2, 0.25) is 0 Å². The number of sulfone groups is 1. The Balaban J connectivity index is 2.31. The van der Waals surface area contributed by atoms with Crippen LogP contribution in [0.4, 0.5) is 0 Å². The molecular formula is C12H24O3S3. The molecular weight excluding hydrogens is 288 g/mol. The van der Waals surface area contributed by atoms with Crippen LogP contribution >= 0.6 is 23.5 Å². The van der Waals surface area contributed by atoms with Gasteiger partial charge >= 0.3 is 0 Å². The van der Waals surface area contributed by atoms with E-state index in [9.17, 15) is 13.5 Å². The quantitative estimate of drug-likeness (QED) is 0.815. The second kappa shape index (κ2) is 7.41. The molecule has 0 aromatic heterocycles. The van der Waals surface area contributed by atoms with Gasteiger partial charge in [-0.2, -0.15) is 23.5 Å². The lowest BCUT2D eigenvalue weighted by molar-refractivity contribution is 0.166. The third-order valence-electron chi connectivity index (χ3n) is 3.40. The molecule has 18 heavy (non-hydrogen) atoms. The van der Waals surface area contributed by atoms with Crippen molar-refractivity contribution in [3.05, 3.63) is 0 Å². The Labute approximate surface area is 119 Å². The van der Waals surface area contributed by atoms with E-state index in [1.165, 1.54) is 0 Å². The minimum atomic E-state index is -2.89. The highest BCUT2D eigenvalue weighted by Crippen LogP contribution is 2.37. The maximum absolute atomic E-state index is 11.4. The van der Waals surface area contributed by atoms with Gasteiger partial charge in [-0.3, -0.25) is 0 Å². The van der Waals surface area contributed by atoms with Gasteiger partial charge in [0.05, 0.1) is 11.9 Å². The van der Waals surface area contributed by atoms with E-state index in [4.69, 9.17) is 0 Å². The Bertz CT molecular complexity index is 342. The fourth-order valence-corrected chi connectivity index (χ4v) is 5.80. The van der Waals surface area contributed by atoms with Crippen LogP contribution in [-0.4, -0.2) is 52.6 Å². The summed E-state index contributed by atoms with van der Waals surface area (Å²) in [5, 5.41) is 11.6. The molecule has 0 amide bonds. The summed E-state index contributed by atoms with van der Waals surface area (Å²) in [6.07, 6.45) is 0.797. The number of hydrogen-bond acceptors (Lipinski definition) is 5. The van der Waals surface area contributed by atoms with Crippen molar-refractivity contribution in [3.63, 3.8) is 0 Å². The highest BCUT2D eigenvalue weighted by Gasteiger charge is 2.30. The highest BCUT2D eigenvalue weighted by atomic mass is 32.2. The van der Waals surface area contributed by atoms with Crippen LogP contribution in [-0.2, 0) is 9.84 Å². The fourth-order valence-electron chi connectivity index (χ4n) is 1.85. The molecule has 1 rings (SSSR count). The third-order valence-corrected chi connectivity index (χ3v) is 8.73. The van der Waals surface area contributed by atoms with Gasteiger partial charge in [0.15, 0.2) is 0 Å². The number of thioether (sulfide) groups is 2. The highest BCUT2D eigenvalue weighted by molar-refractivity contribution is 8.07. The predicted octanol–water partition coefficient (Wildman–Crippen LogP) is 2.19. The zero-order valence-corrected chi connectivity index (χ0v) is 13.8. The van der Waals surface area contributed by atoms with Crippen LogP contribution in [0.25, 0.3) is 0 Å². The van der Waals surface area contributed by atoms with Crippen molar-refractivity contribution >= 4 is 33.4 Å². The van der Waals surface area contributed by atoms with E-state index < -0.39 is 9.84 Å². The van der Waals surface area contributed by atoms with Gasteiger partial charge in [-0.25, -0.2) is 8.42 Å². The van der Waals surface area contributed by atoms with Crippen molar-refractivity contribution in [1.82, 2.24) is 0 Å². The van der Waals surface area contributed by atoms with E-state index in [0.717, 1.165) is 5.75 Å². The summed E-state index contributed by atoms with van der Waals surface area (Å²) in [6.45, 7) is 6.09. The second-order valence-corrected chi connectivity index (χ2v) is 10.4. The maximum Gasteiger partial charge on any atom is 0.150 e. The molecule has 1 N–H and O–H groups in total. The van der Waals surface area contributed by atoms with Crippen molar-refractivity contribution < 1.29 is 13.5 Å². The third kappa shape index (κ3) is 5.31. The lowest BCUT2D eigenvalue weighted by atomic mass is 10.1. The van der Waals surface area contributed by atoms with Crippen molar-refractivity contribution in [1.29, 1.82) is 0 Å². The van der Waals surface area contributed by atoms with Crippen LogP contribution in [0.5, 0.6) is 0 Å². The summed E-state index contributed by atoms with van der Waals surface area (Å²) < 4.78 is 22.7. The molecule has 0 radical (unpaired) electrons. The summed E-state index contributed by atoms with van der Waals surface area (Å²) in [7, 11) is -2.89. The number of rotatable bonds is 6. The average Bonchev–Trinajstić information content (AvgIpc) is 2.32. The van der Waals surface area contributed by atoms with Crippen molar-refractivity contribution in [2.45, 2.75) is 55.5 Å². The SMILES string of the molecule is CCS(=O)(=O)CCCC(O)C1CSC(C)C(C)S1. The van der Waals surface area contributed by atoms with Gasteiger partial charge in [-0.15, -0.1) is 0 Å². The molecule has 0 bridgehead atoms. The van der Waals surface area contributed by atoms with E-state index >= 15 is 0 Å². The lowest BCUT2D eigenvalue weighted by Gasteiger charge is -2.33. The van der Waals surface area contributed by atoms with E-state index in [0.29, 0.717) is 23.3 Å². The summed E-state index contributed by atoms with van der Waals surface area (Å²) in [5.74, 6) is 1.38. The van der Waals surface area contributed by atoms with Crippen molar-refractivity contribution in [2.75, 3.05) is 17.3 Å². The summed E-state index contributed by atoms with van der Waals surface area (Å²) >= 11 is 3.75. The average molecular weight is 313 g/mol. The van der Waals surface area contributed by atoms with Crippen LogP contribution in [0.3, 0.4) is 0 Å². The molecule has 3 nitrogen and oxygen atoms in total. The van der Waals surface area contributed by atoms with Crippen molar-refractivity contribution in [2.24, 2.45) is 0 Å². The molecule has 108 valence electrons. The minimum Gasteiger partial charge on any atom is -0.392 e. The molecule has 6 heteroatoms. The van der Waals surface area contributed by atoms with Crippen LogP contribution in [0.15, 0.2) is 0 Å². The summed E-state index contributed by atoms with van der Waals surface area (Å²) in [5.41, 5.74) is 0. The minimum absolute atomic E-state index is 0.200. The molecule has 4 atom stereocenters. The van der Waals surface area contributed by atoms with Gasteiger partial charge in [0.25, 0.3) is 0 Å². The molecule has 1 aliphatic rings. The molecule has 0 spiro atoms. The van der Waals surface area contributed by atoms with E-state index in [1.54, 1.807) is 6.92 Å². The Kier molecular flexibility index (Phi) is 6.86. The monoisotopic (exact) mass is 312 g/mol. The zero-order chi connectivity index (χ0) is 13.8. The number of hydrogen-bond donors (Lipinski definition) is 1.